The summed E-state index contributed by atoms with van der Waals surface area (Å²) >= 11 is 0. The van der Waals surface area contributed by atoms with E-state index in [9.17, 15) is 0 Å². The van der Waals surface area contributed by atoms with Gasteiger partial charge in [0.05, 0.1) is 0 Å². The summed E-state index contributed by atoms with van der Waals surface area (Å²) in [6.45, 7) is 6.70. The summed E-state index contributed by atoms with van der Waals surface area (Å²) < 4.78 is 0. The Morgan fingerprint density at radius 2 is 1.78 bits per heavy atom. The maximum Gasteiger partial charge on any atom is 0.0212 e. The third-order valence-corrected chi connectivity index (χ3v) is 3.02. The lowest BCUT2D eigenvalue weighted by atomic mass is 10.1. The number of hydrogen-bond donors (Lipinski definition) is 1. The summed E-state index contributed by atoms with van der Waals surface area (Å²) in [7, 11) is 0. The lowest BCUT2D eigenvalue weighted by Crippen LogP contribution is -2.25. The van der Waals surface area contributed by atoms with Crippen LogP contribution in [0.5, 0.6) is 0 Å². The Balaban J connectivity index is 2.40. The monoisotopic (exact) mass is 127 g/mol. The predicted molar refractivity (Wildman–Crippen MR) is 40.2 cm³/mol. The summed E-state index contributed by atoms with van der Waals surface area (Å²) in [5, 5.41) is 0. The highest BCUT2D eigenvalue weighted by Crippen LogP contribution is 2.50. The Labute approximate surface area is 57.6 Å². The average molecular weight is 127 g/mol. The van der Waals surface area contributed by atoms with E-state index in [4.69, 9.17) is 5.73 Å². The van der Waals surface area contributed by atoms with Crippen LogP contribution in [0.1, 0.15) is 33.6 Å². The van der Waals surface area contributed by atoms with Crippen LogP contribution >= 0.6 is 0 Å². The van der Waals surface area contributed by atoms with Crippen LogP contribution in [0.15, 0.2) is 0 Å². The van der Waals surface area contributed by atoms with E-state index in [-0.39, 0.29) is 5.54 Å². The first-order chi connectivity index (χ1) is 4.13. The second-order valence-electron chi connectivity index (χ2n) is 3.44. The van der Waals surface area contributed by atoms with E-state index in [1.807, 2.05) is 0 Å². The van der Waals surface area contributed by atoms with Crippen molar-refractivity contribution in [1.29, 1.82) is 0 Å². The fourth-order valence-corrected chi connectivity index (χ4v) is 1.78. The average Bonchev–Trinajstić information content (AvgIpc) is 2.22. The summed E-state index contributed by atoms with van der Waals surface area (Å²) in [6.07, 6.45) is 2.43. The topological polar surface area (TPSA) is 26.0 Å². The molecule has 0 amide bonds. The van der Waals surface area contributed by atoms with Crippen molar-refractivity contribution in [2.75, 3.05) is 0 Å². The van der Waals surface area contributed by atoms with E-state index in [0.717, 1.165) is 11.8 Å². The molecule has 1 nitrogen and oxygen atoms in total. The van der Waals surface area contributed by atoms with Crippen LogP contribution in [0.3, 0.4) is 0 Å². The van der Waals surface area contributed by atoms with Gasteiger partial charge in [0.15, 0.2) is 0 Å². The largest absolute Gasteiger partial charge is 0.325 e. The van der Waals surface area contributed by atoms with Crippen LogP contribution in [-0.2, 0) is 0 Å². The van der Waals surface area contributed by atoms with Crippen molar-refractivity contribution >= 4 is 0 Å². The number of nitrogens with two attached hydrogens (primary N) is 1. The molecule has 1 rings (SSSR count). The molecule has 0 radical (unpaired) electrons. The van der Waals surface area contributed by atoms with E-state index >= 15 is 0 Å². The highest BCUT2D eigenvalue weighted by atomic mass is 14.9. The molecule has 0 aromatic carbocycles. The van der Waals surface area contributed by atoms with Gasteiger partial charge in [0, 0.05) is 5.54 Å². The zero-order chi connectivity index (χ0) is 7.07. The minimum absolute atomic E-state index is 0.217. The molecule has 0 spiro atoms. The summed E-state index contributed by atoms with van der Waals surface area (Å²) in [5.41, 5.74) is 6.26. The summed E-state index contributed by atoms with van der Waals surface area (Å²) in [6, 6.07) is 0. The Kier molecular flexibility index (Phi) is 1.55. The van der Waals surface area contributed by atoms with Gasteiger partial charge in [-0.05, 0) is 18.3 Å². The molecule has 2 unspecified atom stereocenters. The molecule has 0 aliphatic heterocycles. The minimum atomic E-state index is 0.217. The van der Waals surface area contributed by atoms with Gasteiger partial charge in [-0.1, -0.05) is 27.2 Å². The molecule has 2 N–H and O–H groups in total. The van der Waals surface area contributed by atoms with Gasteiger partial charge in [-0.15, -0.1) is 0 Å². The van der Waals surface area contributed by atoms with Gasteiger partial charge < -0.3 is 5.73 Å². The smallest absolute Gasteiger partial charge is 0.0212 e. The van der Waals surface area contributed by atoms with Gasteiger partial charge >= 0.3 is 0 Å². The molecule has 0 heterocycles. The fraction of sp³-hybridized carbons (Fsp3) is 1.00. The quantitative estimate of drug-likeness (QED) is 0.601. The van der Waals surface area contributed by atoms with E-state index in [1.54, 1.807) is 0 Å². The highest BCUT2D eigenvalue weighted by Gasteiger charge is 2.54. The van der Waals surface area contributed by atoms with Gasteiger partial charge in [-0.3, -0.25) is 0 Å². The molecule has 1 aliphatic rings. The lowest BCUT2D eigenvalue weighted by Gasteiger charge is -2.07. The molecule has 1 saturated carbocycles. The fourth-order valence-electron chi connectivity index (χ4n) is 1.78. The van der Waals surface area contributed by atoms with Crippen molar-refractivity contribution < 1.29 is 0 Å². The van der Waals surface area contributed by atoms with Crippen molar-refractivity contribution in [3.05, 3.63) is 0 Å². The van der Waals surface area contributed by atoms with Gasteiger partial charge in [0.2, 0.25) is 0 Å². The van der Waals surface area contributed by atoms with Crippen molar-refractivity contribution in [2.24, 2.45) is 17.6 Å². The lowest BCUT2D eigenvalue weighted by molar-refractivity contribution is 0.536. The van der Waals surface area contributed by atoms with Crippen molar-refractivity contribution in [3.63, 3.8) is 0 Å². The molecule has 54 valence electrons. The van der Waals surface area contributed by atoms with E-state index in [1.165, 1.54) is 12.8 Å². The maximum atomic E-state index is 6.04. The van der Waals surface area contributed by atoms with Gasteiger partial charge in [0.1, 0.15) is 0 Å². The van der Waals surface area contributed by atoms with Crippen LogP contribution in [0.2, 0.25) is 0 Å². The molecule has 0 saturated heterocycles. The third-order valence-electron chi connectivity index (χ3n) is 3.02. The van der Waals surface area contributed by atoms with Crippen LogP contribution in [0.25, 0.3) is 0 Å². The van der Waals surface area contributed by atoms with Crippen LogP contribution < -0.4 is 5.73 Å². The Morgan fingerprint density at radius 1 is 1.33 bits per heavy atom. The number of rotatable bonds is 2. The van der Waals surface area contributed by atoms with Gasteiger partial charge in [0.25, 0.3) is 0 Å². The molecule has 1 aliphatic carbocycles. The van der Waals surface area contributed by atoms with Crippen molar-refractivity contribution in [1.82, 2.24) is 0 Å². The van der Waals surface area contributed by atoms with Crippen molar-refractivity contribution in [3.8, 4) is 0 Å². The molecule has 9 heavy (non-hydrogen) atoms. The normalized spacial score (nSPS) is 49.3. The Morgan fingerprint density at radius 3 is 1.89 bits per heavy atom. The molecule has 0 aromatic heterocycles. The first kappa shape index (κ1) is 7.07. The predicted octanol–water partition coefficient (Wildman–Crippen LogP) is 1.77. The molecule has 1 heteroatoms. The molecule has 0 aromatic rings. The molecule has 1 fully saturated rings. The summed E-state index contributed by atoms with van der Waals surface area (Å²) in [5.74, 6) is 1.52. The molecule has 0 bridgehead atoms. The van der Waals surface area contributed by atoms with Crippen molar-refractivity contribution in [2.45, 2.75) is 39.2 Å². The Hall–Kier alpha value is -0.0400. The van der Waals surface area contributed by atoms with Crippen LogP contribution in [0.4, 0.5) is 0 Å². The minimum Gasteiger partial charge on any atom is -0.325 e. The highest BCUT2D eigenvalue weighted by molar-refractivity contribution is 5.11. The SMILES string of the molecule is CCCC1(N)C(C)C1C. The zero-order valence-corrected chi connectivity index (χ0v) is 6.65. The van der Waals surface area contributed by atoms with E-state index < -0.39 is 0 Å². The first-order valence-corrected chi connectivity index (χ1v) is 3.91. The second kappa shape index (κ2) is 1.98. The Bertz CT molecular complexity index is 101. The second-order valence-corrected chi connectivity index (χ2v) is 3.44. The molecule has 2 atom stereocenters. The van der Waals surface area contributed by atoms with Gasteiger partial charge in [-0.25, -0.2) is 0 Å². The van der Waals surface area contributed by atoms with E-state index in [0.29, 0.717) is 0 Å². The molecular formula is C8H17N. The van der Waals surface area contributed by atoms with Gasteiger partial charge in [-0.2, -0.15) is 0 Å². The van der Waals surface area contributed by atoms with Crippen LogP contribution in [-0.4, -0.2) is 5.54 Å². The van der Waals surface area contributed by atoms with E-state index in [2.05, 4.69) is 20.8 Å². The summed E-state index contributed by atoms with van der Waals surface area (Å²) in [4.78, 5) is 0. The van der Waals surface area contributed by atoms with Crippen LogP contribution in [0, 0.1) is 11.8 Å². The first-order valence-electron chi connectivity index (χ1n) is 3.91. The molecular weight excluding hydrogens is 110 g/mol. The number of hydrogen-bond acceptors (Lipinski definition) is 1. The maximum absolute atomic E-state index is 6.04. The standard InChI is InChI=1S/C8H17N/c1-4-5-8(9)6(2)7(8)3/h6-7H,4-5,9H2,1-3H3. The zero-order valence-electron chi connectivity index (χ0n) is 6.65. The third kappa shape index (κ3) is 0.877.